The van der Waals surface area contributed by atoms with Crippen molar-refractivity contribution in [2.24, 2.45) is 0 Å². The number of amides is 1. The summed E-state index contributed by atoms with van der Waals surface area (Å²) in [4.78, 5) is 14.4. The highest BCUT2D eigenvalue weighted by Crippen LogP contribution is 2.21. The summed E-state index contributed by atoms with van der Waals surface area (Å²) in [7, 11) is 0. The van der Waals surface area contributed by atoms with E-state index >= 15 is 0 Å². The maximum atomic E-state index is 10.6. The number of carbonyl (C=O) groups is 1. The van der Waals surface area contributed by atoms with E-state index in [-0.39, 0.29) is 0 Å². The molecule has 0 saturated carbocycles. The fourth-order valence-electron chi connectivity index (χ4n) is 1.79. The van der Waals surface area contributed by atoms with Crippen LogP contribution in [0.1, 0.15) is 0 Å². The minimum atomic E-state index is 0.645. The predicted molar refractivity (Wildman–Crippen MR) is 76.9 cm³/mol. The SMILES string of the molecule is O=CN1CCN(C(=S)Nc2ccccc2Cl)CC1. The zero-order valence-corrected chi connectivity index (χ0v) is 11.4. The van der Waals surface area contributed by atoms with E-state index in [4.69, 9.17) is 23.8 Å². The van der Waals surface area contributed by atoms with Gasteiger partial charge in [0.05, 0.1) is 10.7 Å². The smallest absolute Gasteiger partial charge is 0.209 e. The average molecular weight is 284 g/mol. The van der Waals surface area contributed by atoms with E-state index in [1.54, 1.807) is 4.90 Å². The van der Waals surface area contributed by atoms with Gasteiger partial charge in [-0.3, -0.25) is 4.79 Å². The molecule has 1 heterocycles. The molecular weight excluding hydrogens is 270 g/mol. The molecule has 1 aromatic rings. The molecule has 0 bridgehead atoms. The second-order valence-corrected chi connectivity index (χ2v) is 4.83. The molecule has 0 radical (unpaired) electrons. The van der Waals surface area contributed by atoms with Gasteiger partial charge >= 0.3 is 0 Å². The standard InChI is InChI=1S/C12H14ClN3OS/c13-10-3-1-2-4-11(10)14-12(18)16-7-5-15(9-17)6-8-16/h1-4,9H,5-8H2,(H,14,18). The first-order valence-corrected chi connectivity index (χ1v) is 6.49. The molecule has 1 aromatic carbocycles. The maximum Gasteiger partial charge on any atom is 0.209 e. The van der Waals surface area contributed by atoms with Gasteiger partial charge < -0.3 is 15.1 Å². The summed E-state index contributed by atoms with van der Waals surface area (Å²) in [5, 5.41) is 4.42. The van der Waals surface area contributed by atoms with E-state index in [1.165, 1.54) is 0 Å². The van der Waals surface area contributed by atoms with Gasteiger partial charge in [-0.1, -0.05) is 23.7 Å². The second-order valence-electron chi connectivity index (χ2n) is 4.04. The molecule has 0 spiro atoms. The van der Waals surface area contributed by atoms with Gasteiger partial charge in [0.15, 0.2) is 5.11 Å². The first-order chi connectivity index (χ1) is 8.70. The molecular formula is C12H14ClN3OS. The zero-order chi connectivity index (χ0) is 13.0. The number of carbonyl (C=O) groups excluding carboxylic acids is 1. The van der Waals surface area contributed by atoms with Crippen molar-refractivity contribution in [2.75, 3.05) is 31.5 Å². The number of para-hydroxylation sites is 1. The van der Waals surface area contributed by atoms with Crippen LogP contribution in [-0.2, 0) is 4.79 Å². The van der Waals surface area contributed by atoms with Crippen molar-refractivity contribution in [3.8, 4) is 0 Å². The van der Waals surface area contributed by atoms with E-state index in [2.05, 4.69) is 5.32 Å². The molecule has 0 aliphatic carbocycles. The number of rotatable bonds is 2. The lowest BCUT2D eigenvalue weighted by Crippen LogP contribution is -2.49. The summed E-state index contributed by atoms with van der Waals surface area (Å²) in [5.41, 5.74) is 0.807. The van der Waals surface area contributed by atoms with Crippen molar-refractivity contribution < 1.29 is 4.79 Å². The average Bonchev–Trinajstić information content (AvgIpc) is 2.41. The summed E-state index contributed by atoms with van der Waals surface area (Å²) in [6, 6.07) is 7.48. The lowest BCUT2D eigenvalue weighted by molar-refractivity contribution is -0.119. The van der Waals surface area contributed by atoms with E-state index in [9.17, 15) is 4.79 Å². The van der Waals surface area contributed by atoms with E-state index in [1.807, 2.05) is 29.2 Å². The molecule has 96 valence electrons. The molecule has 18 heavy (non-hydrogen) atoms. The summed E-state index contributed by atoms with van der Waals surface area (Å²) in [6.45, 7) is 2.89. The number of hydrogen-bond donors (Lipinski definition) is 1. The van der Waals surface area contributed by atoms with Gasteiger partial charge in [-0.05, 0) is 24.4 Å². The van der Waals surface area contributed by atoms with E-state index in [0.29, 0.717) is 23.2 Å². The molecule has 4 nitrogen and oxygen atoms in total. The Hall–Kier alpha value is -1.33. The highest BCUT2D eigenvalue weighted by Gasteiger charge is 2.17. The highest BCUT2D eigenvalue weighted by molar-refractivity contribution is 7.80. The van der Waals surface area contributed by atoms with Crippen LogP contribution in [0.2, 0.25) is 5.02 Å². The number of benzene rings is 1. The molecule has 1 aliphatic rings. The molecule has 1 aliphatic heterocycles. The molecule has 0 unspecified atom stereocenters. The van der Waals surface area contributed by atoms with Gasteiger partial charge in [0.25, 0.3) is 0 Å². The lowest BCUT2D eigenvalue weighted by Gasteiger charge is -2.34. The maximum absolute atomic E-state index is 10.6. The van der Waals surface area contributed by atoms with Crippen molar-refractivity contribution in [1.82, 2.24) is 9.80 Å². The van der Waals surface area contributed by atoms with Crippen molar-refractivity contribution in [3.63, 3.8) is 0 Å². The van der Waals surface area contributed by atoms with Gasteiger partial charge in [0.1, 0.15) is 0 Å². The number of thiocarbonyl (C=S) groups is 1. The van der Waals surface area contributed by atoms with Crippen LogP contribution in [0.25, 0.3) is 0 Å². The molecule has 1 saturated heterocycles. The fourth-order valence-corrected chi connectivity index (χ4v) is 2.26. The third kappa shape index (κ3) is 3.11. The Kier molecular flexibility index (Phi) is 4.38. The van der Waals surface area contributed by atoms with Crippen LogP contribution in [-0.4, -0.2) is 47.5 Å². The molecule has 1 fully saturated rings. The van der Waals surface area contributed by atoms with Gasteiger partial charge in [-0.25, -0.2) is 0 Å². The number of nitrogens with one attached hydrogen (secondary N) is 1. The third-order valence-electron chi connectivity index (χ3n) is 2.87. The Labute approximate surface area is 117 Å². The minimum Gasteiger partial charge on any atom is -0.345 e. The predicted octanol–water partition coefficient (Wildman–Crippen LogP) is 1.81. The summed E-state index contributed by atoms with van der Waals surface area (Å²) < 4.78 is 0. The Balaban J connectivity index is 1.93. The van der Waals surface area contributed by atoms with Crippen LogP contribution in [0.15, 0.2) is 24.3 Å². The number of piperazine rings is 1. The first kappa shape index (κ1) is 13.1. The van der Waals surface area contributed by atoms with Crippen molar-refractivity contribution >= 4 is 41.0 Å². The first-order valence-electron chi connectivity index (χ1n) is 5.70. The van der Waals surface area contributed by atoms with Crippen LogP contribution in [0.4, 0.5) is 5.69 Å². The number of nitrogens with zero attached hydrogens (tertiary/aromatic N) is 2. The summed E-state index contributed by atoms with van der Waals surface area (Å²) in [6.07, 6.45) is 0.877. The lowest BCUT2D eigenvalue weighted by atomic mass is 10.3. The Morgan fingerprint density at radius 2 is 1.94 bits per heavy atom. The summed E-state index contributed by atoms with van der Waals surface area (Å²) in [5.74, 6) is 0. The normalized spacial score (nSPS) is 15.4. The number of anilines is 1. The van der Waals surface area contributed by atoms with Gasteiger partial charge in [-0.2, -0.15) is 0 Å². The minimum absolute atomic E-state index is 0.645. The molecule has 0 atom stereocenters. The zero-order valence-electron chi connectivity index (χ0n) is 9.80. The van der Waals surface area contributed by atoms with Crippen molar-refractivity contribution in [2.45, 2.75) is 0 Å². The van der Waals surface area contributed by atoms with Crippen LogP contribution in [0, 0.1) is 0 Å². The molecule has 2 rings (SSSR count). The van der Waals surface area contributed by atoms with Crippen LogP contribution in [0.3, 0.4) is 0 Å². The number of hydrogen-bond acceptors (Lipinski definition) is 2. The highest BCUT2D eigenvalue weighted by atomic mass is 35.5. The largest absolute Gasteiger partial charge is 0.345 e. The molecule has 1 N–H and O–H groups in total. The van der Waals surface area contributed by atoms with E-state index in [0.717, 1.165) is 25.2 Å². The van der Waals surface area contributed by atoms with Crippen LogP contribution in [0.5, 0.6) is 0 Å². The quantitative estimate of drug-likeness (QED) is 0.663. The van der Waals surface area contributed by atoms with Crippen molar-refractivity contribution in [3.05, 3.63) is 29.3 Å². The van der Waals surface area contributed by atoms with Gasteiger partial charge in [-0.15, -0.1) is 0 Å². The molecule has 0 aromatic heterocycles. The monoisotopic (exact) mass is 283 g/mol. The summed E-state index contributed by atoms with van der Waals surface area (Å²) >= 11 is 11.4. The number of halogens is 1. The second kappa shape index (κ2) is 6.02. The fraction of sp³-hybridized carbons (Fsp3) is 0.333. The van der Waals surface area contributed by atoms with Crippen LogP contribution >= 0.6 is 23.8 Å². The van der Waals surface area contributed by atoms with Gasteiger partial charge in [0, 0.05) is 26.2 Å². The Morgan fingerprint density at radius 3 is 2.56 bits per heavy atom. The van der Waals surface area contributed by atoms with Crippen LogP contribution < -0.4 is 5.32 Å². The Bertz CT molecular complexity index is 447. The Morgan fingerprint density at radius 1 is 1.28 bits per heavy atom. The van der Waals surface area contributed by atoms with Crippen molar-refractivity contribution in [1.29, 1.82) is 0 Å². The van der Waals surface area contributed by atoms with E-state index < -0.39 is 0 Å². The molecule has 1 amide bonds. The third-order valence-corrected chi connectivity index (χ3v) is 3.56. The molecule has 6 heteroatoms. The topological polar surface area (TPSA) is 35.6 Å². The van der Waals surface area contributed by atoms with Gasteiger partial charge in [0.2, 0.25) is 6.41 Å².